The van der Waals surface area contributed by atoms with E-state index in [4.69, 9.17) is 14.9 Å². The van der Waals surface area contributed by atoms with Gasteiger partial charge >= 0.3 is 0 Å². The first-order valence-electron chi connectivity index (χ1n) is 6.17. The number of nitrogens with zero attached hydrogens (tertiary/aromatic N) is 2. The van der Waals surface area contributed by atoms with Crippen LogP contribution in [0.5, 0.6) is 5.75 Å². The fourth-order valence-electron chi connectivity index (χ4n) is 1.72. The van der Waals surface area contributed by atoms with E-state index in [1.807, 2.05) is 30.3 Å². The van der Waals surface area contributed by atoms with E-state index in [1.165, 1.54) is 0 Å². The van der Waals surface area contributed by atoms with Gasteiger partial charge in [-0.1, -0.05) is 18.2 Å². The molecule has 0 spiro atoms. The number of nitrogen functional groups attached to an aromatic ring is 1. The molecule has 0 radical (unpaired) electrons. The Bertz CT molecular complexity index is 678. The Kier molecular flexibility index (Phi) is 3.33. The lowest BCUT2D eigenvalue weighted by Crippen LogP contribution is -1.95. The summed E-state index contributed by atoms with van der Waals surface area (Å²) in [7, 11) is 0. The smallest absolute Gasteiger partial charge is 0.254 e. The lowest BCUT2D eigenvalue weighted by Gasteiger charge is -2.02. The molecule has 0 aliphatic heterocycles. The molecule has 3 rings (SSSR count). The Morgan fingerprint density at radius 2 is 1.70 bits per heavy atom. The largest absolute Gasteiger partial charge is 0.484 e. The lowest BCUT2D eigenvalue weighted by atomic mass is 10.2. The number of aromatic nitrogens is 2. The highest BCUT2D eigenvalue weighted by Crippen LogP contribution is 2.18. The van der Waals surface area contributed by atoms with Gasteiger partial charge in [0.05, 0.1) is 0 Å². The molecule has 0 aliphatic rings. The van der Waals surface area contributed by atoms with E-state index in [0.717, 1.165) is 5.56 Å². The maximum absolute atomic E-state index is 5.61. The molecule has 5 nitrogen and oxygen atoms in total. The highest BCUT2D eigenvalue weighted by molar-refractivity contribution is 5.51. The van der Waals surface area contributed by atoms with Crippen molar-refractivity contribution in [2.75, 3.05) is 5.73 Å². The number of anilines is 1. The SMILES string of the molecule is Nc1ccc(OCc2nnc(-c3ccccc3)o2)cc1. The van der Waals surface area contributed by atoms with Gasteiger partial charge in [-0.2, -0.15) is 0 Å². The average Bonchev–Trinajstić information content (AvgIpc) is 2.97. The van der Waals surface area contributed by atoms with Gasteiger partial charge in [0.1, 0.15) is 5.75 Å². The third-order valence-corrected chi connectivity index (χ3v) is 2.73. The molecule has 0 saturated carbocycles. The molecule has 5 heteroatoms. The van der Waals surface area contributed by atoms with Crippen LogP contribution < -0.4 is 10.5 Å². The molecule has 0 unspecified atom stereocenters. The zero-order chi connectivity index (χ0) is 13.8. The van der Waals surface area contributed by atoms with Gasteiger partial charge in [0, 0.05) is 11.3 Å². The third-order valence-electron chi connectivity index (χ3n) is 2.73. The Labute approximate surface area is 116 Å². The minimum atomic E-state index is 0.226. The molecule has 2 aromatic carbocycles. The van der Waals surface area contributed by atoms with E-state index in [2.05, 4.69) is 10.2 Å². The van der Waals surface area contributed by atoms with E-state index >= 15 is 0 Å². The van der Waals surface area contributed by atoms with Crippen LogP contribution in [0.25, 0.3) is 11.5 Å². The van der Waals surface area contributed by atoms with E-state index in [1.54, 1.807) is 24.3 Å². The van der Waals surface area contributed by atoms with Crippen molar-refractivity contribution >= 4 is 5.69 Å². The summed E-state index contributed by atoms with van der Waals surface area (Å²) in [5.41, 5.74) is 7.19. The first-order valence-corrected chi connectivity index (χ1v) is 6.17. The molecule has 20 heavy (non-hydrogen) atoms. The van der Waals surface area contributed by atoms with Crippen molar-refractivity contribution in [3.8, 4) is 17.2 Å². The Balaban J connectivity index is 1.67. The number of benzene rings is 2. The monoisotopic (exact) mass is 267 g/mol. The quantitative estimate of drug-likeness (QED) is 0.736. The van der Waals surface area contributed by atoms with Crippen molar-refractivity contribution in [1.82, 2.24) is 10.2 Å². The van der Waals surface area contributed by atoms with Gasteiger partial charge in [0.2, 0.25) is 5.89 Å². The van der Waals surface area contributed by atoms with Crippen molar-refractivity contribution in [3.05, 3.63) is 60.5 Å². The van der Waals surface area contributed by atoms with E-state index in [9.17, 15) is 0 Å². The van der Waals surface area contributed by atoms with Gasteiger partial charge in [-0.15, -0.1) is 10.2 Å². The highest BCUT2D eigenvalue weighted by Gasteiger charge is 2.08. The second-order valence-corrected chi connectivity index (χ2v) is 4.22. The van der Waals surface area contributed by atoms with Crippen molar-refractivity contribution in [3.63, 3.8) is 0 Å². The summed E-state index contributed by atoms with van der Waals surface area (Å²) < 4.78 is 11.1. The van der Waals surface area contributed by atoms with Gasteiger partial charge in [0.15, 0.2) is 6.61 Å². The van der Waals surface area contributed by atoms with Crippen LogP contribution in [-0.2, 0) is 6.61 Å². The molecular weight excluding hydrogens is 254 g/mol. The summed E-state index contributed by atoms with van der Waals surface area (Å²) in [5, 5.41) is 7.95. The summed E-state index contributed by atoms with van der Waals surface area (Å²) in [6.45, 7) is 0.226. The Morgan fingerprint density at radius 3 is 2.45 bits per heavy atom. The molecule has 0 saturated heterocycles. The second-order valence-electron chi connectivity index (χ2n) is 4.22. The highest BCUT2D eigenvalue weighted by atomic mass is 16.5. The van der Waals surface area contributed by atoms with Crippen molar-refractivity contribution in [2.45, 2.75) is 6.61 Å². The van der Waals surface area contributed by atoms with Crippen LogP contribution in [0, 0.1) is 0 Å². The molecule has 0 bridgehead atoms. The van der Waals surface area contributed by atoms with Gasteiger partial charge < -0.3 is 14.9 Å². The average molecular weight is 267 g/mol. The molecule has 1 heterocycles. The zero-order valence-corrected chi connectivity index (χ0v) is 10.7. The number of hydrogen-bond acceptors (Lipinski definition) is 5. The lowest BCUT2D eigenvalue weighted by molar-refractivity contribution is 0.264. The first kappa shape index (κ1) is 12.2. The van der Waals surface area contributed by atoms with Gasteiger partial charge in [-0.3, -0.25) is 0 Å². The summed E-state index contributed by atoms with van der Waals surface area (Å²) in [4.78, 5) is 0. The molecule has 0 atom stereocenters. The summed E-state index contributed by atoms with van der Waals surface area (Å²) in [6, 6.07) is 16.8. The molecular formula is C15H13N3O2. The van der Waals surface area contributed by atoms with Crippen molar-refractivity contribution < 1.29 is 9.15 Å². The van der Waals surface area contributed by atoms with Crippen LogP contribution in [0.2, 0.25) is 0 Å². The molecule has 1 aromatic heterocycles. The molecule has 100 valence electrons. The second kappa shape index (κ2) is 5.44. The van der Waals surface area contributed by atoms with Gasteiger partial charge in [0.25, 0.3) is 5.89 Å². The number of rotatable bonds is 4. The number of ether oxygens (including phenoxy) is 1. The van der Waals surface area contributed by atoms with Gasteiger partial charge in [-0.05, 0) is 36.4 Å². The fourth-order valence-corrected chi connectivity index (χ4v) is 1.72. The van der Waals surface area contributed by atoms with Crippen molar-refractivity contribution in [2.24, 2.45) is 0 Å². The van der Waals surface area contributed by atoms with Crippen LogP contribution in [0.4, 0.5) is 5.69 Å². The van der Waals surface area contributed by atoms with Crippen molar-refractivity contribution in [1.29, 1.82) is 0 Å². The summed E-state index contributed by atoms with van der Waals surface area (Å²) in [5.74, 6) is 1.63. The van der Waals surface area contributed by atoms with Crippen LogP contribution in [0.15, 0.2) is 59.0 Å². The Morgan fingerprint density at radius 1 is 0.950 bits per heavy atom. The van der Waals surface area contributed by atoms with Gasteiger partial charge in [-0.25, -0.2) is 0 Å². The first-order chi connectivity index (χ1) is 9.81. The third kappa shape index (κ3) is 2.77. The van der Waals surface area contributed by atoms with Crippen LogP contribution in [0.3, 0.4) is 0 Å². The predicted octanol–water partition coefficient (Wildman–Crippen LogP) is 2.90. The number of hydrogen-bond donors (Lipinski definition) is 1. The van der Waals surface area contributed by atoms with E-state index in [-0.39, 0.29) is 6.61 Å². The predicted molar refractivity (Wildman–Crippen MR) is 74.9 cm³/mol. The van der Waals surface area contributed by atoms with Crippen LogP contribution >= 0.6 is 0 Å². The molecule has 0 aliphatic carbocycles. The normalized spacial score (nSPS) is 10.4. The molecule has 0 amide bonds. The zero-order valence-electron chi connectivity index (χ0n) is 10.7. The fraction of sp³-hybridized carbons (Fsp3) is 0.0667. The maximum Gasteiger partial charge on any atom is 0.254 e. The summed E-state index contributed by atoms with van der Waals surface area (Å²) >= 11 is 0. The molecule has 3 aromatic rings. The van der Waals surface area contributed by atoms with E-state index < -0.39 is 0 Å². The van der Waals surface area contributed by atoms with Crippen LogP contribution in [0.1, 0.15) is 5.89 Å². The van der Waals surface area contributed by atoms with E-state index in [0.29, 0.717) is 23.2 Å². The number of nitrogens with two attached hydrogens (primary N) is 1. The topological polar surface area (TPSA) is 74.2 Å². The Hall–Kier alpha value is -2.82. The minimum Gasteiger partial charge on any atom is -0.484 e. The summed E-state index contributed by atoms with van der Waals surface area (Å²) in [6.07, 6.45) is 0. The van der Waals surface area contributed by atoms with Crippen LogP contribution in [-0.4, -0.2) is 10.2 Å². The maximum atomic E-state index is 5.61. The minimum absolute atomic E-state index is 0.226. The molecule has 2 N–H and O–H groups in total. The standard InChI is InChI=1S/C15H13N3O2/c16-12-6-8-13(9-7-12)19-10-14-17-18-15(20-14)11-4-2-1-3-5-11/h1-9H,10,16H2. The molecule has 0 fully saturated rings.